The maximum atomic E-state index is 12.7. The molecule has 2 aromatic rings. The lowest BCUT2D eigenvalue weighted by atomic mass is 9.97. The molecule has 3 rings (SSSR count). The number of hydrogen-bond acceptors (Lipinski definition) is 5. The number of benzene rings is 2. The van der Waals surface area contributed by atoms with Crippen molar-refractivity contribution in [1.82, 2.24) is 5.06 Å². The van der Waals surface area contributed by atoms with Crippen molar-refractivity contribution < 1.29 is 24.3 Å². The molecule has 0 saturated carbocycles. The molecular weight excluding hydrogens is 346 g/mol. The SMILES string of the molecule is CC(C)(C)OC(=O)[C@@]1(C(=O)O)CCCN1OCc1cccc2ccccc12. The predicted molar refractivity (Wildman–Crippen MR) is 101 cm³/mol. The fourth-order valence-corrected chi connectivity index (χ4v) is 3.40. The zero-order valence-electron chi connectivity index (χ0n) is 15.9. The zero-order chi connectivity index (χ0) is 19.7. The van der Waals surface area contributed by atoms with Gasteiger partial charge in [0.05, 0.1) is 6.61 Å². The summed E-state index contributed by atoms with van der Waals surface area (Å²) in [6, 6.07) is 13.8. The van der Waals surface area contributed by atoms with Crippen LogP contribution in [0.5, 0.6) is 0 Å². The molecule has 1 atom stereocenters. The molecule has 1 N–H and O–H groups in total. The van der Waals surface area contributed by atoms with E-state index in [1.165, 1.54) is 5.06 Å². The Labute approximate surface area is 158 Å². The number of rotatable bonds is 5. The minimum Gasteiger partial charge on any atom is -0.479 e. The summed E-state index contributed by atoms with van der Waals surface area (Å²) in [7, 11) is 0. The standard InChI is InChI=1S/C21H25NO5/c1-20(2,3)27-19(25)21(18(23)24)12-7-13-22(21)26-14-16-10-6-9-15-8-4-5-11-17(15)16/h4-6,8-11H,7,12-14H2,1-3H3,(H,23,24)/t21-/m0/s1. The Bertz CT molecular complexity index is 852. The van der Waals surface area contributed by atoms with E-state index < -0.39 is 23.1 Å². The van der Waals surface area contributed by atoms with Crippen LogP contribution in [0.1, 0.15) is 39.2 Å². The number of esters is 1. The quantitative estimate of drug-likeness (QED) is 0.640. The van der Waals surface area contributed by atoms with Crippen LogP contribution in [0, 0.1) is 0 Å². The maximum Gasteiger partial charge on any atom is 0.341 e. The van der Waals surface area contributed by atoms with E-state index >= 15 is 0 Å². The van der Waals surface area contributed by atoms with E-state index in [-0.39, 0.29) is 13.0 Å². The molecule has 0 radical (unpaired) electrons. The first kappa shape index (κ1) is 19.3. The number of aliphatic carboxylic acids is 1. The van der Waals surface area contributed by atoms with Crippen LogP contribution in [0.2, 0.25) is 0 Å². The minimum absolute atomic E-state index is 0.160. The maximum absolute atomic E-state index is 12.7. The van der Waals surface area contributed by atoms with Crippen LogP contribution in [0.25, 0.3) is 10.8 Å². The van der Waals surface area contributed by atoms with E-state index in [0.29, 0.717) is 13.0 Å². The molecule has 0 spiro atoms. The average Bonchev–Trinajstić information content (AvgIpc) is 3.03. The highest BCUT2D eigenvalue weighted by atomic mass is 16.7. The van der Waals surface area contributed by atoms with E-state index in [0.717, 1.165) is 16.3 Å². The summed E-state index contributed by atoms with van der Waals surface area (Å²) in [6.07, 6.45) is 0.702. The molecule has 6 heteroatoms. The van der Waals surface area contributed by atoms with Gasteiger partial charge in [-0.05, 0) is 49.9 Å². The summed E-state index contributed by atoms with van der Waals surface area (Å²) in [5.74, 6) is -2.02. The molecule has 0 aliphatic carbocycles. The molecule has 0 bridgehead atoms. The van der Waals surface area contributed by atoms with Gasteiger partial charge in [-0.1, -0.05) is 42.5 Å². The van der Waals surface area contributed by atoms with Crippen molar-refractivity contribution in [2.45, 2.75) is 51.4 Å². The topological polar surface area (TPSA) is 76.1 Å². The summed E-state index contributed by atoms with van der Waals surface area (Å²) in [5, 5.41) is 13.3. The molecule has 6 nitrogen and oxygen atoms in total. The number of ether oxygens (including phenoxy) is 1. The first-order chi connectivity index (χ1) is 12.7. The molecule has 2 aromatic carbocycles. The molecule has 1 aliphatic heterocycles. The number of carboxylic acids is 1. The van der Waals surface area contributed by atoms with Gasteiger partial charge < -0.3 is 9.84 Å². The van der Waals surface area contributed by atoms with Gasteiger partial charge in [-0.2, -0.15) is 5.06 Å². The second-order valence-corrected chi connectivity index (χ2v) is 7.78. The molecule has 1 aliphatic rings. The summed E-state index contributed by atoms with van der Waals surface area (Å²) < 4.78 is 5.40. The van der Waals surface area contributed by atoms with Crippen molar-refractivity contribution in [1.29, 1.82) is 0 Å². The number of nitrogens with zero attached hydrogens (tertiary/aromatic N) is 1. The Morgan fingerprint density at radius 1 is 1.15 bits per heavy atom. The Morgan fingerprint density at radius 2 is 1.85 bits per heavy atom. The summed E-state index contributed by atoms with van der Waals surface area (Å²) in [6.45, 7) is 5.69. The Kier molecular flexibility index (Phi) is 5.22. The van der Waals surface area contributed by atoms with E-state index in [4.69, 9.17) is 9.57 Å². The minimum atomic E-state index is -1.81. The van der Waals surface area contributed by atoms with Gasteiger partial charge in [0.15, 0.2) is 0 Å². The smallest absolute Gasteiger partial charge is 0.341 e. The molecule has 0 unspecified atom stereocenters. The van der Waals surface area contributed by atoms with Gasteiger partial charge >= 0.3 is 11.9 Å². The number of hydroxylamine groups is 2. The second-order valence-electron chi connectivity index (χ2n) is 7.78. The lowest BCUT2D eigenvalue weighted by Crippen LogP contribution is -2.58. The van der Waals surface area contributed by atoms with Gasteiger partial charge in [0, 0.05) is 6.54 Å². The number of fused-ring (bicyclic) bond motifs is 1. The first-order valence-electron chi connectivity index (χ1n) is 9.08. The lowest BCUT2D eigenvalue weighted by molar-refractivity contribution is -0.232. The third-order valence-corrected chi connectivity index (χ3v) is 4.67. The van der Waals surface area contributed by atoms with Gasteiger partial charge in [0.25, 0.3) is 0 Å². The van der Waals surface area contributed by atoms with E-state index in [1.807, 2.05) is 42.5 Å². The molecule has 27 heavy (non-hydrogen) atoms. The Balaban J connectivity index is 1.84. The first-order valence-corrected chi connectivity index (χ1v) is 9.08. The van der Waals surface area contributed by atoms with Crippen molar-refractivity contribution in [3.05, 3.63) is 48.0 Å². The molecule has 144 valence electrons. The molecular formula is C21H25NO5. The largest absolute Gasteiger partial charge is 0.479 e. The highest BCUT2D eigenvalue weighted by Gasteiger charge is 2.57. The Hall–Kier alpha value is -2.44. The van der Waals surface area contributed by atoms with Crippen LogP contribution >= 0.6 is 0 Å². The summed E-state index contributed by atoms with van der Waals surface area (Å²) in [4.78, 5) is 30.7. The summed E-state index contributed by atoms with van der Waals surface area (Å²) >= 11 is 0. The van der Waals surface area contributed by atoms with Gasteiger partial charge in [-0.25, -0.2) is 9.59 Å². The monoisotopic (exact) mass is 371 g/mol. The highest BCUT2D eigenvalue weighted by Crippen LogP contribution is 2.34. The second kappa shape index (κ2) is 7.29. The van der Waals surface area contributed by atoms with Crippen molar-refractivity contribution in [2.75, 3.05) is 6.54 Å². The van der Waals surface area contributed by atoms with Crippen molar-refractivity contribution >= 4 is 22.7 Å². The summed E-state index contributed by atoms with van der Waals surface area (Å²) in [5.41, 5.74) is -1.65. The third kappa shape index (κ3) is 3.82. The molecule has 1 heterocycles. The molecule has 1 saturated heterocycles. The van der Waals surface area contributed by atoms with Crippen LogP contribution < -0.4 is 0 Å². The zero-order valence-corrected chi connectivity index (χ0v) is 15.9. The van der Waals surface area contributed by atoms with Gasteiger partial charge in [-0.15, -0.1) is 0 Å². The molecule has 1 fully saturated rings. The number of hydrogen-bond donors (Lipinski definition) is 1. The van der Waals surface area contributed by atoms with Crippen LogP contribution in [-0.2, 0) is 25.8 Å². The van der Waals surface area contributed by atoms with Gasteiger partial charge in [-0.3, -0.25) is 4.84 Å². The molecule has 0 aromatic heterocycles. The normalized spacial score (nSPS) is 20.7. The van der Waals surface area contributed by atoms with E-state index in [9.17, 15) is 14.7 Å². The lowest BCUT2D eigenvalue weighted by Gasteiger charge is -2.34. The Morgan fingerprint density at radius 3 is 2.56 bits per heavy atom. The van der Waals surface area contributed by atoms with Crippen molar-refractivity contribution in [3.63, 3.8) is 0 Å². The van der Waals surface area contributed by atoms with Crippen molar-refractivity contribution in [2.24, 2.45) is 0 Å². The van der Waals surface area contributed by atoms with Gasteiger partial charge in [0.2, 0.25) is 5.54 Å². The van der Waals surface area contributed by atoms with Crippen LogP contribution in [0.3, 0.4) is 0 Å². The number of carbonyl (C=O) groups is 2. The van der Waals surface area contributed by atoms with Gasteiger partial charge in [0.1, 0.15) is 5.60 Å². The fraction of sp³-hybridized carbons (Fsp3) is 0.429. The van der Waals surface area contributed by atoms with Crippen LogP contribution in [0.4, 0.5) is 0 Å². The van der Waals surface area contributed by atoms with Crippen LogP contribution in [-0.4, -0.2) is 39.8 Å². The molecule has 0 amide bonds. The third-order valence-electron chi connectivity index (χ3n) is 4.67. The fourth-order valence-electron chi connectivity index (χ4n) is 3.40. The highest BCUT2D eigenvalue weighted by molar-refractivity contribution is 6.04. The number of carboxylic acid groups (broad SMARTS) is 1. The number of carbonyl (C=O) groups excluding carboxylic acids is 1. The van der Waals surface area contributed by atoms with Crippen molar-refractivity contribution in [3.8, 4) is 0 Å². The average molecular weight is 371 g/mol. The predicted octanol–water partition coefficient (Wildman–Crippen LogP) is 3.53. The van der Waals surface area contributed by atoms with E-state index in [1.54, 1.807) is 20.8 Å². The van der Waals surface area contributed by atoms with E-state index in [2.05, 4.69) is 0 Å². The van der Waals surface area contributed by atoms with Crippen LogP contribution in [0.15, 0.2) is 42.5 Å².